The normalized spacial score (nSPS) is 10.9. The summed E-state index contributed by atoms with van der Waals surface area (Å²) in [5.41, 5.74) is 5.39. The van der Waals surface area contributed by atoms with Crippen LogP contribution >= 0.6 is 0 Å². The molecule has 0 aliphatic rings. The number of hydrogen-bond acceptors (Lipinski definition) is 5. The van der Waals surface area contributed by atoms with E-state index < -0.39 is 0 Å². The zero-order valence-corrected chi connectivity index (χ0v) is 17.4. The van der Waals surface area contributed by atoms with Gasteiger partial charge in [-0.1, -0.05) is 24.3 Å². The van der Waals surface area contributed by atoms with Gasteiger partial charge in [0.15, 0.2) is 0 Å². The Hall–Kier alpha value is -4.26. The van der Waals surface area contributed by atoms with Crippen molar-refractivity contribution < 1.29 is 9.13 Å². The van der Waals surface area contributed by atoms with Crippen molar-refractivity contribution in [2.45, 2.75) is 6.54 Å². The van der Waals surface area contributed by atoms with Crippen LogP contribution in [0.5, 0.6) is 5.75 Å². The summed E-state index contributed by atoms with van der Waals surface area (Å²) in [6, 6.07) is 22.3. The smallest absolute Gasteiger partial charge is 0.227 e. The van der Waals surface area contributed by atoms with Gasteiger partial charge in [0.1, 0.15) is 11.6 Å². The molecule has 0 aliphatic carbocycles. The standard InChI is InChI=1S/C25H20FN5O/c1-32-24-14-18(26)9-10-20(24)21-11-12-27-25(30-21)29-19-6-4-5-17(13-19)15-31-16-28-22-7-2-3-8-23(22)31/h2-14,16H,15H2,1H3,(H,27,29,30). The monoisotopic (exact) mass is 425 g/mol. The Bertz CT molecular complexity index is 1400. The fourth-order valence-corrected chi connectivity index (χ4v) is 3.66. The second kappa shape index (κ2) is 8.47. The van der Waals surface area contributed by atoms with Gasteiger partial charge in [-0.25, -0.2) is 19.3 Å². The molecular formula is C25H20FN5O. The van der Waals surface area contributed by atoms with Crippen molar-refractivity contribution in [3.8, 4) is 17.0 Å². The first-order valence-electron chi connectivity index (χ1n) is 10.1. The number of benzene rings is 3. The van der Waals surface area contributed by atoms with E-state index in [9.17, 15) is 4.39 Å². The Morgan fingerprint density at radius 2 is 1.88 bits per heavy atom. The maximum Gasteiger partial charge on any atom is 0.227 e. The van der Waals surface area contributed by atoms with Crippen LogP contribution in [0.1, 0.15) is 5.56 Å². The quantitative estimate of drug-likeness (QED) is 0.393. The van der Waals surface area contributed by atoms with E-state index in [2.05, 4.69) is 43.0 Å². The molecule has 7 heteroatoms. The van der Waals surface area contributed by atoms with E-state index in [1.54, 1.807) is 18.3 Å². The van der Waals surface area contributed by atoms with E-state index in [0.29, 0.717) is 29.5 Å². The highest BCUT2D eigenvalue weighted by atomic mass is 19.1. The highest BCUT2D eigenvalue weighted by Crippen LogP contribution is 2.30. The van der Waals surface area contributed by atoms with Crippen molar-refractivity contribution in [3.05, 3.63) is 96.7 Å². The number of ether oxygens (including phenoxy) is 1. The molecule has 0 saturated heterocycles. The molecule has 158 valence electrons. The van der Waals surface area contributed by atoms with Crippen LogP contribution in [0.4, 0.5) is 16.0 Å². The summed E-state index contributed by atoms with van der Waals surface area (Å²) >= 11 is 0. The van der Waals surface area contributed by atoms with Crippen molar-refractivity contribution in [1.29, 1.82) is 0 Å². The number of nitrogens with one attached hydrogen (secondary N) is 1. The third-order valence-electron chi connectivity index (χ3n) is 5.16. The Kier molecular flexibility index (Phi) is 5.21. The molecule has 5 rings (SSSR count). The van der Waals surface area contributed by atoms with Crippen LogP contribution in [0.25, 0.3) is 22.3 Å². The van der Waals surface area contributed by atoms with Gasteiger partial charge in [0.2, 0.25) is 5.95 Å². The zero-order chi connectivity index (χ0) is 21.9. The number of fused-ring (bicyclic) bond motifs is 1. The molecular weight excluding hydrogens is 405 g/mol. The summed E-state index contributed by atoms with van der Waals surface area (Å²) < 4.78 is 21.0. The minimum atomic E-state index is -0.361. The van der Waals surface area contributed by atoms with Crippen LogP contribution in [0, 0.1) is 5.82 Å². The number of halogens is 1. The average Bonchev–Trinajstić information content (AvgIpc) is 3.22. The maximum absolute atomic E-state index is 13.5. The molecule has 0 atom stereocenters. The van der Waals surface area contributed by atoms with E-state index >= 15 is 0 Å². The minimum absolute atomic E-state index is 0.361. The minimum Gasteiger partial charge on any atom is -0.496 e. The molecule has 6 nitrogen and oxygen atoms in total. The third-order valence-corrected chi connectivity index (χ3v) is 5.16. The van der Waals surface area contributed by atoms with Crippen molar-refractivity contribution in [1.82, 2.24) is 19.5 Å². The molecule has 0 aliphatic heterocycles. The van der Waals surface area contributed by atoms with Gasteiger partial charge in [0.05, 0.1) is 30.2 Å². The summed E-state index contributed by atoms with van der Waals surface area (Å²) in [6.45, 7) is 0.698. The van der Waals surface area contributed by atoms with E-state index in [-0.39, 0.29) is 5.82 Å². The van der Waals surface area contributed by atoms with E-state index in [0.717, 1.165) is 22.3 Å². The summed E-state index contributed by atoms with van der Waals surface area (Å²) in [6.07, 6.45) is 3.52. The summed E-state index contributed by atoms with van der Waals surface area (Å²) in [7, 11) is 1.51. The fraction of sp³-hybridized carbons (Fsp3) is 0.0800. The predicted octanol–water partition coefficient (Wildman–Crippen LogP) is 5.43. The molecule has 0 bridgehead atoms. The van der Waals surface area contributed by atoms with Crippen LogP contribution < -0.4 is 10.1 Å². The van der Waals surface area contributed by atoms with Gasteiger partial charge in [-0.3, -0.25) is 0 Å². The predicted molar refractivity (Wildman–Crippen MR) is 123 cm³/mol. The van der Waals surface area contributed by atoms with Gasteiger partial charge in [0.25, 0.3) is 0 Å². The number of para-hydroxylation sites is 2. The second-order valence-electron chi connectivity index (χ2n) is 7.30. The Labute approximate surface area is 184 Å². The molecule has 0 fully saturated rings. The first kappa shape index (κ1) is 19.7. The van der Waals surface area contributed by atoms with Gasteiger partial charge >= 0.3 is 0 Å². The number of anilines is 2. The van der Waals surface area contributed by atoms with E-state index in [1.165, 1.54) is 19.2 Å². The lowest BCUT2D eigenvalue weighted by molar-refractivity contribution is 0.413. The van der Waals surface area contributed by atoms with Crippen LogP contribution in [-0.2, 0) is 6.54 Å². The van der Waals surface area contributed by atoms with Gasteiger partial charge in [-0.05, 0) is 48.0 Å². The van der Waals surface area contributed by atoms with Gasteiger partial charge in [-0.15, -0.1) is 0 Å². The highest BCUT2D eigenvalue weighted by Gasteiger charge is 2.10. The second-order valence-corrected chi connectivity index (χ2v) is 7.30. The van der Waals surface area contributed by atoms with Crippen LogP contribution in [0.2, 0.25) is 0 Å². The molecule has 0 spiro atoms. The molecule has 2 aromatic heterocycles. The van der Waals surface area contributed by atoms with E-state index in [4.69, 9.17) is 4.74 Å². The van der Waals surface area contributed by atoms with Crippen molar-refractivity contribution in [2.24, 2.45) is 0 Å². The molecule has 3 aromatic carbocycles. The summed E-state index contributed by atoms with van der Waals surface area (Å²) in [5.74, 6) is 0.504. The maximum atomic E-state index is 13.5. The molecule has 1 N–H and O–H groups in total. The fourth-order valence-electron chi connectivity index (χ4n) is 3.66. The lowest BCUT2D eigenvalue weighted by Gasteiger charge is -2.11. The van der Waals surface area contributed by atoms with Crippen molar-refractivity contribution in [2.75, 3.05) is 12.4 Å². The Morgan fingerprint density at radius 1 is 0.969 bits per heavy atom. The summed E-state index contributed by atoms with van der Waals surface area (Å²) in [4.78, 5) is 13.4. The van der Waals surface area contributed by atoms with Gasteiger partial charge in [-0.2, -0.15) is 0 Å². The number of imidazole rings is 1. The van der Waals surface area contributed by atoms with Gasteiger partial charge < -0.3 is 14.6 Å². The van der Waals surface area contributed by atoms with E-state index in [1.807, 2.05) is 36.7 Å². The molecule has 5 aromatic rings. The van der Waals surface area contributed by atoms with Crippen LogP contribution in [0.15, 0.2) is 85.3 Å². The number of rotatable bonds is 6. The molecule has 0 saturated carbocycles. The first-order valence-corrected chi connectivity index (χ1v) is 10.1. The molecule has 0 amide bonds. The Morgan fingerprint density at radius 3 is 2.78 bits per heavy atom. The molecule has 32 heavy (non-hydrogen) atoms. The number of methoxy groups -OCH3 is 1. The number of nitrogens with zero attached hydrogens (tertiary/aromatic N) is 4. The topological polar surface area (TPSA) is 64.9 Å². The SMILES string of the molecule is COc1cc(F)ccc1-c1ccnc(Nc2cccc(Cn3cnc4ccccc43)c2)n1. The molecule has 0 radical (unpaired) electrons. The van der Waals surface area contributed by atoms with Crippen molar-refractivity contribution in [3.63, 3.8) is 0 Å². The lowest BCUT2D eigenvalue weighted by Crippen LogP contribution is -2.01. The largest absolute Gasteiger partial charge is 0.496 e. The number of hydrogen-bond donors (Lipinski definition) is 1. The van der Waals surface area contributed by atoms with Crippen LogP contribution in [0.3, 0.4) is 0 Å². The Balaban J connectivity index is 1.39. The van der Waals surface area contributed by atoms with Crippen LogP contribution in [-0.4, -0.2) is 26.6 Å². The third kappa shape index (κ3) is 4.00. The first-order chi connectivity index (χ1) is 15.7. The summed E-state index contributed by atoms with van der Waals surface area (Å²) in [5, 5.41) is 3.26. The number of aromatic nitrogens is 4. The highest BCUT2D eigenvalue weighted by molar-refractivity contribution is 5.75. The van der Waals surface area contributed by atoms with Crippen molar-refractivity contribution >= 4 is 22.7 Å². The average molecular weight is 425 g/mol. The molecule has 2 heterocycles. The zero-order valence-electron chi connectivity index (χ0n) is 17.4. The van der Waals surface area contributed by atoms with Gasteiger partial charge in [0, 0.05) is 30.1 Å². The molecule has 0 unspecified atom stereocenters. The lowest BCUT2D eigenvalue weighted by atomic mass is 10.1.